The van der Waals surface area contributed by atoms with Crippen LogP contribution in [0, 0.1) is 5.41 Å². The SMILES string of the molecule is CCC1(CNC(C)c2ccc(Cl)cc2Cl)CCCC1. The molecule has 1 aliphatic carbocycles. The molecule has 2 rings (SSSR count). The fourth-order valence-electron chi connectivity index (χ4n) is 3.11. The van der Waals surface area contributed by atoms with E-state index in [1.165, 1.54) is 32.1 Å². The highest BCUT2D eigenvalue weighted by Gasteiger charge is 2.32. The average Bonchev–Trinajstić information content (AvgIpc) is 2.85. The van der Waals surface area contributed by atoms with Crippen molar-refractivity contribution in [3.63, 3.8) is 0 Å². The Kier molecular flexibility index (Phi) is 5.16. The Labute approximate surface area is 126 Å². The van der Waals surface area contributed by atoms with Crippen LogP contribution in [0.1, 0.15) is 57.6 Å². The lowest BCUT2D eigenvalue weighted by atomic mass is 9.83. The van der Waals surface area contributed by atoms with Gasteiger partial charge in [-0.2, -0.15) is 0 Å². The first kappa shape index (κ1) is 15.2. The summed E-state index contributed by atoms with van der Waals surface area (Å²) >= 11 is 12.2. The Balaban J connectivity index is 1.99. The van der Waals surface area contributed by atoms with Crippen molar-refractivity contribution in [1.29, 1.82) is 0 Å². The normalized spacial score (nSPS) is 19.6. The third-order valence-electron chi connectivity index (χ3n) is 4.63. The lowest BCUT2D eigenvalue weighted by Crippen LogP contribution is -2.33. The second-order valence-corrected chi connectivity index (χ2v) is 6.67. The summed E-state index contributed by atoms with van der Waals surface area (Å²) in [6.45, 7) is 5.57. The Morgan fingerprint density at radius 1 is 1.26 bits per heavy atom. The van der Waals surface area contributed by atoms with Gasteiger partial charge in [-0.15, -0.1) is 0 Å². The van der Waals surface area contributed by atoms with Crippen LogP contribution in [0.3, 0.4) is 0 Å². The minimum atomic E-state index is 0.272. The summed E-state index contributed by atoms with van der Waals surface area (Å²) in [6.07, 6.45) is 6.74. The molecule has 0 spiro atoms. The summed E-state index contributed by atoms with van der Waals surface area (Å²) in [4.78, 5) is 0. The maximum atomic E-state index is 6.26. The van der Waals surface area contributed by atoms with Gasteiger partial charge in [-0.3, -0.25) is 0 Å². The molecule has 1 aromatic carbocycles. The Hall–Kier alpha value is -0.240. The van der Waals surface area contributed by atoms with E-state index in [4.69, 9.17) is 23.2 Å². The third-order valence-corrected chi connectivity index (χ3v) is 5.19. The zero-order valence-electron chi connectivity index (χ0n) is 11.8. The second kappa shape index (κ2) is 6.47. The molecular formula is C16H23Cl2N. The lowest BCUT2D eigenvalue weighted by Gasteiger charge is -2.30. The molecule has 106 valence electrons. The van der Waals surface area contributed by atoms with Crippen molar-refractivity contribution < 1.29 is 0 Å². The van der Waals surface area contributed by atoms with Crippen LogP contribution in [0.4, 0.5) is 0 Å². The van der Waals surface area contributed by atoms with Crippen LogP contribution in [-0.4, -0.2) is 6.54 Å². The zero-order chi connectivity index (χ0) is 13.9. The van der Waals surface area contributed by atoms with Gasteiger partial charge in [-0.25, -0.2) is 0 Å². The second-order valence-electron chi connectivity index (χ2n) is 5.83. The summed E-state index contributed by atoms with van der Waals surface area (Å²) < 4.78 is 0. The van der Waals surface area contributed by atoms with E-state index in [0.29, 0.717) is 10.4 Å². The van der Waals surface area contributed by atoms with Crippen molar-refractivity contribution in [1.82, 2.24) is 5.32 Å². The molecular weight excluding hydrogens is 277 g/mol. The van der Waals surface area contributed by atoms with Crippen molar-refractivity contribution in [2.75, 3.05) is 6.54 Å². The first-order chi connectivity index (χ1) is 9.06. The highest BCUT2D eigenvalue weighted by Crippen LogP contribution is 2.40. The van der Waals surface area contributed by atoms with Crippen LogP contribution in [0.2, 0.25) is 10.0 Å². The predicted molar refractivity (Wildman–Crippen MR) is 84.1 cm³/mol. The highest BCUT2D eigenvalue weighted by molar-refractivity contribution is 6.35. The van der Waals surface area contributed by atoms with E-state index < -0.39 is 0 Å². The molecule has 1 atom stereocenters. The standard InChI is InChI=1S/C16H23Cl2N/c1-3-16(8-4-5-9-16)11-19-12(2)14-7-6-13(17)10-15(14)18/h6-7,10,12,19H,3-5,8-9,11H2,1-2H3. The number of nitrogens with one attached hydrogen (secondary N) is 1. The molecule has 1 aromatic rings. The van der Waals surface area contributed by atoms with Crippen LogP contribution in [-0.2, 0) is 0 Å². The number of halogens is 2. The molecule has 0 aliphatic heterocycles. The smallest absolute Gasteiger partial charge is 0.0468 e. The van der Waals surface area contributed by atoms with E-state index >= 15 is 0 Å². The topological polar surface area (TPSA) is 12.0 Å². The number of hydrogen-bond acceptors (Lipinski definition) is 1. The minimum absolute atomic E-state index is 0.272. The Bertz CT molecular complexity index is 425. The van der Waals surface area contributed by atoms with Gasteiger partial charge in [0.1, 0.15) is 0 Å². The van der Waals surface area contributed by atoms with E-state index in [1.807, 2.05) is 18.2 Å². The fraction of sp³-hybridized carbons (Fsp3) is 0.625. The van der Waals surface area contributed by atoms with Gasteiger partial charge in [0.05, 0.1) is 0 Å². The largest absolute Gasteiger partial charge is 0.310 e. The van der Waals surface area contributed by atoms with Gasteiger partial charge in [0.15, 0.2) is 0 Å². The molecule has 0 aromatic heterocycles. The van der Waals surface area contributed by atoms with Crippen molar-refractivity contribution >= 4 is 23.2 Å². The Morgan fingerprint density at radius 2 is 1.95 bits per heavy atom. The van der Waals surface area contributed by atoms with Gasteiger partial charge >= 0.3 is 0 Å². The molecule has 1 fully saturated rings. The van der Waals surface area contributed by atoms with Crippen LogP contribution < -0.4 is 5.32 Å². The van der Waals surface area contributed by atoms with Crippen LogP contribution in [0.5, 0.6) is 0 Å². The van der Waals surface area contributed by atoms with Crippen LogP contribution >= 0.6 is 23.2 Å². The molecule has 0 amide bonds. The molecule has 1 aliphatic rings. The van der Waals surface area contributed by atoms with Crippen molar-refractivity contribution in [3.8, 4) is 0 Å². The van der Waals surface area contributed by atoms with Gasteiger partial charge in [0.2, 0.25) is 0 Å². The van der Waals surface area contributed by atoms with E-state index in [0.717, 1.165) is 17.1 Å². The summed E-state index contributed by atoms with van der Waals surface area (Å²) in [6, 6.07) is 6.03. The molecule has 3 heteroatoms. The van der Waals surface area contributed by atoms with Crippen LogP contribution in [0.25, 0.3) is 0 Å². The summed E-state index contributed by atoms with van der Waals surface area (Å²) in [5.41, 5.74) is 1.64. The van der Waals surface area contributed by atoms with Gasteiger partial charge in [0, 0.05) is 22.6 Å². The summed E-state index contributed by atoms with van der Waals surface area (Å²) in [5.74, 6) is 0. The van der Waals surface area contributed by atoms with Gasteiger partial charge in [0.25, 0.3) is 0 Å². The predicted octanol–water partition coefficient (Wildman–Crippen LogP) is 5.61. The lowest BCUT2D eigenvalue weighted by molar-refractivity contribution is 0.259. The third kappa shape index (κ3) is 3.65. The molecule has 1 nitrogen and oxygen atoms in total. The summed E-state index contributed by atoms with van der Waals surface area (Å²) in [5, 5.41) is 5.12. The van der Waals surface area contributed by atoms with Gasteiger partial charge in [-0.1, -0.05) is 49.0 Å². The molecule has 1 unspecified atom stereocenters. The maximum Gasteiger partial charge on any atom is 0.0468 e. The van der Waals surface area contributed by atoms with E-state index in [2.05, 4.69) is 19.2 Å². The molecule has 0 bridgehead atoms. The quantitative estimate of drug-likeness (QED) is 0.744. The molecule has 1 saturated carbocycles. The van der Waals surface area contributed by atoms with Crippen molar-refractivity contribution in [2.24, 2.45) is 5.41 Å². The highest BCUT2D eigenvalue weighted by atomic mass is 35.5. The molecule has 0 heterocycles. The first-order valence-electron chi connectivity index (χ1n) is 7.25. The van der Waals surface area contributed by atoms with E-state index in [1.54, 1.807) is 0 Å². The minimum Gasteiger partial charge on any atom is -0.310 e. The average molecular weight is 300 g/mol. The monoisotopic (exact) mass is 299 g/mol. The number of hydrogen-bond donors (Lipinski definition) is 1. The first-order valence-corrected chi connectivity index (χ1v) is 8.00. The fourth-order valence-corrected chi connectivity index (χ4v) is 3.68. The van der Waals surface area contributed by atoms with Gasteiger partial charge in [-0.05, 0) is 49.3 Å². The van der Waals surface area contributed by atoms with E-state index in [-0.39, 0.29) is 6.04 Å². The zero-order valence-corrected chi connectivity index (χ0v) is 13.3. The Morgan fingerprint density at radius 3 is 2.53 bits per heavy atom. The summed E-state index contributed by atoms with van der Waals surface area (Å²) in [7, 11) is 0. The molecule has 0 saturated heterocycles. The van der Waals surface area contributed by atoms with Crippen molar-refractivity contribution in [3.05, 3.63) is 33.8 Å². The van der Waals surface area contributed by atoms with E-state index in [9.17, 15) is 0 Å². The van der Waals surface area contributed by atoms with Gasteiger partial charge < -0.3 is 5.32 Å². The van der Waals surface area contributed by atoms with Crippen molar-refractivity contribution in [2.45, 2.75) is 52.0 Å². The molecule has 0 radical (unpaired) electrons. The molecule has 19 heavy (non-hydrogen) atoms. The number of benzene rings is 1. The van der Waals surface area contributed by atoms with Crippen LogP contribution in [0.15, 0.2) is 18.2 Å². The molecule has 1 N–H and O–H groups in total. The maximum absolute atomic E-state index is 6.26. The number of rotatable bonds is 5.